The third-order valence-electron chi connectivity index (χ3n) is 7.79. The number of anilines is 1. The Morgan fingerprint density at radius 2 is 1.79 bits per heavy atom. The number of amides is 1. The van der Waals surface area contributed by atoms with E-state index in [-0.39, 0.29) is 30.4 Å². The van der Waals surface area contributed by atoms with E-state index >= 15 is 0 Å². The minimum Gasteiger partial charge on any atom is -0.465 e. The molecular formula is C33H35N5O3S. The first-order valence-corrected chi connectivity index (χ1v) is 14.5. The molecule has 42 heavy (non-hydrogen) atoms. The van der Waals surface area contributed by atoms with Crippen LogP contribution in [0.15, 0.2) is 79.0 Å². The van der Waals surface area contributed by atoms with Crippen molar-refractivity contribution in [2.24, 2.45) is 0 Å². The SMILES string of the molecule is CCc1ccccc1NC(=O)CCN1C(=S)NC(c2ccccn2)C1c1cc(C)n(-c2ccc(C(=O)OC)cc2)c1C. The first kappa shape index (κ1) is 29.0. The molecular weight excluding hydrogens is 546 g/mol. The minimum absolute atomic E-state index is 0.0603. The number of ether oxygens (including phenoxy) is 1. The molecule has 1 saturated heterocycles. The maximum atomic E-state index is 13.1. The van der Waals surface area contributed by atoms with E-state index in [1.54, 1.807) is 18.3 Å². The highest BCUT2D eigenvalue weighted by molar-refractivity contribution is 7.80. The number of nitrogens with one attached hydrogen (secondary N) is 2. The molecule has 9 heteroatoms. The van der Waals surface area contributed by atoms with Gasteiger partial charge >= 0.3 is 5.97 Å². The lowest BCUT2D eigenvalue weighted by molar-refractivity contribution is -0.116. The minimum atomic E-state index is -0.371. The normalized spacial score (nSPS) is 16.3. The third kappa shape index (κ3) is 5.78. The Labute approximate surface area is 251 Å². The summed E-state index contributed by atoms with van der Waals surface area (Å²) < 4.78 is 7.02. The number of methoxy groups -OCH3 is 1. The number of hydrogen-bond acceptors (Lipinski definition) is 5. The van der Waals surface area contributed by atoms with Crippen LogP contribution in [-0.4, -0.2) is 45.1 Å². The number of nitrogens with zero attached hydrogens (tertiary/aromatic N) is 3. The summed E-state index contributed by atoms with van der Waals surface area (Å²) in [7, 11) is 1.38. The number of carbonyl (C=O) groups is 2. The summed E-state index contributed by atoms with van der Waals surface area (Å²) in [5.41, 5.74) is 7.43. The zero-order valence-electron chi connectivity index (χ0n) is 24.3. The summed E-state index contributed by atoms with van der Waals surface area (Å²) in [5, 5.41) is 7.15. The summed E-state index contributed by atoms with van der Waals surface area (Å²) in [6.45, 7) is 6.66. The van der Waals surface area contributed by atoms with Crippen molar-refractivity contribution in [1.82, 2.24) is 19.8 Å². The number of benzene rings is 2. The Kier molecular flexibility index (Phi) is 8.68. The fourth-order valence-corrected chi connectivity index (χ4v) is 6.05. The molecule has 2 aromatic heterocycles. The van der Waals surface area contributed by atoms with Crippen LogP contribution in [0.2, 0.25) is 0 Å². The average Bonchev–Trinajstić information content (AvgIpc) is 3.50. The van der Waals surface area contributed by atoms with E-state index in [9.17, 15) is 9.59 Å². The maximum absolute atomic E-state index is 13.1. The second kappa shape index (κ2) is 12.6. The van der Waals surface area contributed by atoms with Gasteiger partial charge in [0, 0.05) is 41.9 Å². The van der Waals surface area contributed by atoms with Crippen LogP contribution < -0.4 is 10.6 Å². The van der Waals surface area contributed by atoms with Gasteiger partial charge in [-0.1, -0.05) is 31.2 Å². The van der Waals surface area contributed by atoms with Gasteiger partial charge in [-0.05, 0) is 92.1 Å². The van der Waals surface area contributed by atoms with Crippen LogP contribution in [0.25, 0.3) is 5.69 Å². The van der Waals surface area contributed by atoms with Crippen LogP contribution in [-0.2, 0) is 16.0 Å². The second-order valence-electron chi connectivity index (χ2n) is 10.3. The summed E-state index contributed by atoms with van der Waals surface area (Å²) >= 11 is 5.85. The third-order valence-corrected chi connectivity index (χ3v) is 8.14. The molecule has 0 aliphatic carbocycles. The van der Waals surface area contributed by atoms with Crippen LogP contribution >= 0.6 is 12.2 Å². The van der Waals surface area contributed by atoms with Gasteiger partial charge in [0.2, 0.25) is 5.91 Å². The molecule has 0 saturated carbocycles. The molecule has 1 aliphatic rings. The molecule has 1 aliphatic heterocycles. The van der Waals surface area contributed by atoms with Crippen molar-refractivity contribution in [3.05, 3.63) is 113 Å². The Hall–Kier alpha value is -4.50. The number of para-hydroxylation sites is 1. The first-order chi connectivity index (χ1) is 20.3. The standard InChI is InChI=1S/C33H35N5O3S/c1-5-23-10-6-7-11-27(23)35-29(39)17-19-37-31(30(36-33(37)42)28-12-8-9-18-34-28)26-20-21(2)38(22(26)3)25-15-13-24(14-16-25)32(40)41-4/h6-16,18,20,30-31H,5,17,19H2,1-4H3,(H,35,39)(H,36,42). The van der Waals surface area contributed by atoms with E-state index in [0.717, 1.165) is 46.0 Å². The van der Waals surface area contributed by atoms with Crippen LogP contribution in [0.3, 0.4) is 0 Å². The van der Waals surface area contributed by atoms with Crippen LogP contribution in [0.4, 0.5) is 5.69 Å². The highest BCUT2D eigenvalue weighted by Crippen LogP contribution is 2.41. The summed E-state index contributed by atoms with van der Waals surface area (Å²) in [5.74, 6) is -0.431. The molecule has 5 rings (SSSR count). The highest BCUT2D eigenvalue weighted by Gasteiger charge is 2.41. The van der Waals surface area contributed by atoms with E-state index in [1.165, 1.54) is 7.11 Å². The molecule has 216 valence electrons. The molecule has 0 radical (unpaired) electrons. The monoisotopic (exact) mass is 581 g/mol. The number of carbonyl (C=O) groups excluding carboxylic acids is 2. The molecule has 1 amide bonds. The molecule has 3 heterocycles. The number of esters is 1. The molecule has 2 aromatic carbocycles. The van der Waals surface area contributed by atoms with E-state index < -0.39 is 0 Å². The van der Waals surface area contributed by atoms with Gasteiger partial charge in [0.15, 0.2) is 5.11 Å². The van der Waals surface area contributed by atoms with Gasteiger partial charge in [0.1, 0.15) is 0 Å². The Bertz CT molecular complexity index is 1600. The molecule has 2 N–H and O–H groups in total. The van der Waals surface area contributed by atoms with Crippen molar-refractivity contribution < 1.29 is 14.3 Å². The molecule has 2 atom stereocenters. The number of aryl methyl sites for hydroxylation is 2. The maximum Gasteiger partial charge on any atom is 0.337 e. The molecule has 2 unspecified atom stereocenters. The molecule has 4 aromatic rings. The molecule has 8 nitrogen and oxygen atoms in total. The van der Waals surface area contributed by atoms with Crippen LogP contribution in [0, 0.1) is 13.8 Å². The van der Waals surface area contributed by atoms with E-state index in [4.69, 9.17) is 17.0 Å². The van der Waals surface area contributed by atoms with Crippen molar-refractivity contribution in [2.45, 2.75) is 45.7 Å². The molecule has 0 bridgehead atoms. The van der Waals surface area contributed by atoms with E-state index in [1.807, 2.05) is 54.6 Å². The molecule has 0 spiro atoms. The van der Waals surface area contributed by atoms with Crippen molar-refractivity contribution in [3.8, 4) is 5.69 Å². The number of rotatable bonds is 9. The Balaban J connectivity index is 1.46. The van der Waals surface area contributed by atoms with Crippen molar-refractivity contribution in [2.75, 3.05) is 19.0 Å². The van der Waals surface area contributed by atoms with Gasteiger partial charge in [-0.15, -0.1) is 0 Å². The summed E-state index contributed by atoms with van der Waals surface area (Å²) in [6.07, 6.45) is 2.90. The average molecular weight is 582 g/mol. The fourth-order valence-electron chi connectivity index (χ4n) is 5.72. The predicted octanol–water partition coefficient (Wildman–Crippen LogP) is 5.84. The van der Waals surface area contributed by atoms with Crippen LogP contribution in [0.5, 0.6) is 0 Å². The zero-order valence-corrected chi connectivity index (χ0v) is 25.1. The van der Waals surface area contributed by atoms with E-state index in [2.05, 4.69) is 51.9 Å². The zero-order chi connectivity index (χ0) is 29.8. The number of hydrogen-bond donors (Lipinski definition) is 2. The van der Waals surface area contributed by atoms with Gasteiger partial charge in [-0.25, -0.2) is 4.79 Å². The topological polar surface area (TPSA) is 88.5 Å². The van der Waals surface area contributed by atoms with Gasteiger partial charge in [-0.2, -0.15) is 0 Å². The summed E-state index contributed by atoms with van der Waals surface area (Å²) in [6, 6.07) is 22.9. The fraction of sp³-hybridized carbons (Fsp3) is 0.273. The number of pyridine rings is 1. The highest BCUT2D eigenvalue weighted by atomic mass is 32.1. The van der Waals surface area contributed by atoms with Gasteiger partial charge < -0.3 is 24.8 Å². The van der Waals surface area contributed by atoms with Crippen LogP contribution in [0.1, 0.15) is 64.0 Å². The number of thiocarbonyl (C=S) groups is 1. The summed E-state index contributed by atoms with van der Waals surface area (Å²) in [4.78, 5) is 31.8. The Morgan fingerprint density at radius 1 is 1.05 bits per heavy atom. The van der Waals surface area contributed by atoms with Crippen molar-refractivity contribution >= 4 is 34.9 Å². The lowest BCUT2D eigenvalue weighted by Crippen LogP contribution is -2.33. The van der Waals surface area contributed by atoms with Gasteiger partial charge in [0.25, 0.3) is 0 Å². The second-order valence-corrected chi connectivity index (χ2v) is 10.7. The number of aromatic nitrogens is 2. The van der Waals surface area contributed by atoms with E-state index in [0.29, 0.717) is 17.2 Å². The van der Waals surface area contributed by atoms with Crippen molar-refractivity contribution in [1.29, 1.82) is 0 Å². The van der Waals surface area contributed by atoms with Crippen molar-refractivity contribution in [3.63, 3.8) is 0 Å². The van der Waals surface area contributed by atoms with Gasteiger partial charge in [0.05, 0.1) is 30.5 Å². The smallest absolute Gasteiger partial charge is 0.337 e. The lowest BCUT2D eigenvalue weighted by atomic mass is 9.96. The Morgan fingerprint density at radius 3 is 2.48 bits per heavy atom. The molecule has 1 fully saturated rings. The van der Waals surface area contributed by atoms with Gasteiger partial charge in [-0.3, -0.25) is 9.78 Å². The first-order valence-electron chi connectivity index (χ1n) is 14.1. The lowest BCUT2D eigenvalue weighted by Gasteiger charge is -2.28. The largest absolute Gasteiger partial charge is 0.465 e. The quantitative estimate of drug-likeness (QED) is 0.190. The predicted molar refractivity (Wildman–Crippen MR) is 168 cm³/mol.